The molecular weight excluding hydrogens is 282 g/mol. The largest absolute Gasteiger partial charge is 0.305 e. The third kappa shape index (κ3) is 1.80. The third-order valence-corrected chi connectivity index (χ3v) is 4.38. The molecule has 0 saturated heterocycles. The average Bonchev–Trinajstić information content (AvgIpc) is 3.12. The van der Waals surface area contributed by atoms with E-state index in [0.29, 0.717) is 0 Å². The molecule has 0 aliphatic heterocycles. The zero-order valence-electron chi connectivity index (χ0n) is 12.6. The lowest BCUT2D eigenvalue weighted by atomic mass is 10.2. The first-order chi connectivity index (χ1) is 11.4. The summed E-state index contributed by atoms with van der Waals surface area (Å²) < 4.78 is 4.55. The van der Waals surface area contributed by atoms with Crippen molar-refractivity contribution in [3.05, 3.63) is 84.4 Å². The fraction of sp³-hybridized carbons (Fsp3) is 0.0500. The molecule has 2 aromatic heterocycles. The van der Waals surface area contributed by atoms with Gasteiger partial charge in [0.25, 0.3) is 0 Å². The zero-order valence-corrected chi connectivity index (χ0v) is 12.6. The van der Waals surface area contributed by atoms with Crippen LogP contribution >= 0.6 is 0 Å². The summed E-state index contributed by atoms with van der Waals surface area (Å²) in [6.07, 6.45) is 0. The number of nitrogens with zero attached hydrogens (tertiary/aromatic N) is 3. The Kier molecular flexibility index (Phi) is 2.56. The van der Waals surface area contributed by atoms with E-state index in [1.54, 1.807) is 0 Å². The minimum absolute atomic E-state index is 0.821. The van der Waals surface area contributed by atoms with Crippen LogP contribution in [0.3, 0.4) is 0 Å². The predicted octanol–water partition coefficient (Wildman–Crippen LogP) is 4.49. The van der Waals surface area contributed by atoms with Crippen LogP contribution in [-0.2, 0) is 6.54 Å². The lowest BCUT2D eigenvalue weighted by Gasteiger charge is -2.05. The fourth-order valence-electron chi connectivity index (χ4n) is 3.34. The van der Waals surface area contributed by atoms with Crippen molar-refractivity contribution >= 4 is 27.8 Å². The molecule has 0 fully saturated rings. The van der Waals surface area contributed by atoms with Gasteiger partial charge in [0.05, 0.1) is 28.6 Å². The molecule has 5 rings (SSSR count). The van der Waals surface area contributed by atoms with Crippen molar-refractivity contribution in [3.8, 4) is 0 Å². The molecule has 0 atom stereocenters. The molecule has 0 radical (unpaired) electrons. The van der Waals surface area contributed by atoms with Crippen molar-refractivity contribution in [2.75, 3.05) is 0 Å². The molecule has 0 aliphatic rings. The maximum absolute atomic E-state index is 4.87. The van der Waals surface area contributed by atoms with E-state index >= 15 is 0 Å². The van der Waals surface area contributed by atoms with Crippen molar-refractivity contribution in [2.24, 2.45) is 0 Å². The molecule has 3 aromatic carbocycles. The third-order valence-electron chi connectivity index (χ3n) is 4.38. The monoisotopic (exact) mass is 297 g/mol. The van der Waals surface area contributed by atoms with Crippen molar-refractivity contribution in [1.82, 2.24) is 14.0 Å². The van der Waals surface area contributed by atoms with Crippen LogP contribution in [0.5, 0.6) is 0 Å². The average molecular weight is 297 g/mol. The molecule has 0 N–H and O–H groups in total. The molecule has 0 amide bonds. The molecule has 5 aromatic rings. The molecule has 0 spiro atoms. The van der Waals surface area contributed by atoms with E-state index < -0.39 is 0 Å². The number of aromatic nitrogens is 3. The van der Waals surface area contributed by atoms with E-state index in [1.807, 2.05) is 6.07 Å². The van der Waals surface area contributed by atoms with Crippen LogP contribution in [0.1, 0.15) is 5.56 Å². The lowest BCUT2D eigenvalue weighted by Crippen LogP contribution is -2.00. The highest BCUT2D eigenvalue weighted by molar-refractivity contribution is 5.90. The maximum Gasteiger partial charge on any atom is 0.216 e. The van der Waals surface area contributed by atoms with Gasteiger partial charge in [-0.15, -0.1) is 0 Å². The summed E-state index contributed by atoms with van der Waals surface area (Å²) in [6, 6.07) is 27.4. The number of hydrogen-bond acceptors (Lipinski definition) is 1. The maximum atomic E-state index is 4.87. The highest BCUT2D eigenvalue weighted by atomic mass is 15.2. The first-order valence-corrected chi connectivity index (χ1v) is 7.80. The van der Waals surface area contributed by atoms with E-state index in [-0.39, 0.29) is 0 Å². The Labute approximate surface area is 133 Å². The van der Waals surface area contributed by atoms with Crippen LogP contribution in [0.25, 0.3) is 27.8 Å². The summed E-state index contributed by atoms with van der Waals surface area (Å²) in [4.78, 5) is 4.87. The molecule has 3 heteroatoms. The summed E-state index contributed by atoms with van der Waals surface area (Å²) in [5, 5.41) is 0. The number of rotatable bonds is 2. The number of fused-ring (bicyclic) bond motifs is 5. The zero-order chi connectivity index (χ0) is 15.2. The Hall–Kier alpha value is -3.07. The predicted molar refractivity (Wildman–Crippen MR) is 93.7 cm³/mol. The van der Waals surface area contributed by atoms with Crippen molar-refractivity contribution in [1.29, 1.82) is 0 Å². The Morgan fingerprint density at radius 1 is 0.652 bits per heavy atom. The van der Waals surface area contributed by atoms with E-state index in [1.165, 1.54) is 16.6 Å². The number of benzene rings is 3. The van der Waals surface area contributed by atoms with E-state index in [9.17, 15) is 0 Å². The summed E-state index contributed by atoms with van der Waals surface area (Å²) in [5.41, 5.74) is 5.89. The standard InChI is InChI=1S/C20H15N3/c1-2-8-15(9-3-1)14-22-18-12-6-7-13-19(18)23-17-11-5-4-10-16(17)21-20(22)23/h1-13H,14H2. The van der Waals surface area contributed by atoms with Gasteiger partial charge in [-0.05, 0) is 29.8 Å². The molecule has 0 unspecified atom stereocenters. The summed E-state index contributed by atoms with van der Waals surface area (Å²) in [5.74, 6) is 0.997. The molecule has 0 saturated carbocycles. The topological polar surface area (TPSA) is 22.2 Å². The van der Waals surface area contributed by atoms with Crippen LogP contribution in [0.2, 0.25) is 0 Å². The van der Waals surface area contributed by atoms with Gasteiger partial charge in [0, 0.05) is 0 Å². The minimum atomic E-state index is 0.821. The number of hydrogen-bond donors (Lipinski definition) is 0. The van der Waals surface area contributed by atoms with Gasteiger partial charge in [0.15, 0.2) is 0 Å². The smallest absolute Gasteiger partial charge is 0.216 e. The Bertz CT molecular complexity index is 1130. The summed E-state index contributed by atoms with van der Waals surface area (Å²) >= 11 is 0. The second kappa shape index (κ2) is 4.71. The summed E-state index contributed by atoms with van der Waals surface area (Å²) in [7, 11) is 0. The van der Waals surface area contributed by atoms with Crippen LogP contribution in [0.4, 0.5) is 0 Å². The number of para-hydroxylation sites is 4. The molecular formula is C20H15N3. The van der Waals surface area contributed by atoms with Crippen LogP contribution in [-0.4, -0.2) is 14.0 Å². The minimum Gasteiger partial charge on any atom is -0.305 e. The molecule has 3 nitrogen and oxygen atoms in total. The first-order valence-electron chi connectivity index (χ1n) is 7.80. The van der Waals surface area contributed by atoms with Crippen LogP contribution in [0.15, 0.2) is 78.9 Å². The summed E-state index contributed by atoms with van der Waals surface area (Å²) in [6.45, 7) is 0.821. The van der Waals surface area contributed by atoms with Gasteiger partial charge >= 0.3 is 0 Å². The van der Waals surface area contributed by atoms with Crippen molar-refractivity contribution < 1.29 is 0 Å². The number of imidazole rings is 2. The Morgan fingerprint density at radius 2 is 1.30 bits per heavy atom. The van der Waals surface area contributed by atoms with Gasteiger partial charge in [-0.3, -0.25) is 4.40 Å². The molecule has 0 aliphatic carbocycles. The van der Waals surface area contributed by atoms with Gasteiger partial charge in [-0.25, -0.2) is 4.98 Å². The van der Waals surface area contributed by atoms with Gasteiger partial charge in [-0.1, -0.05) is 54.6 Å². The van der Waals surface area contributed by atoms with Crippen LogP contribution < -0.4 is 0 Å². The molecule has 23 heavy (non-hydrogen) atoms. The highest BCUT2D eigenvalue weighted by Gasteiger charge is 2.15. The normalized spacial score (nSPS) is 11.7. The van der Waals surface area contributed by atoms with E-state index in [0.717, 1.165) is 23.4 Å². The lowest BCUT2D eigenvalue weighted by molar-refractivity contribution is 0.847. The van der Waals surface area contributed by atoms with Crippen molar-refractivity contribution in [3.63, 3.8) is 0 Å². The van der Waals surface area contributed by atoms with Gasteiger partial charge in [0.1, 0.15) is 0 Å². The van der Waals surface area contributed by atoms with E-state index in [4.69, 9.17) is 4.98 Å². The Morgan fingerprint density at radius 3 is 2.13 bits per heavy atom. The van der Waals surface area contributed by atoms with Gasteiger partial charge in [-0.2, -0.15) is 0 Å². The van der Waals surface area contributed by atoms with Crippen LogP contribution in [0, 0.1) is 0 Å². The fourth-order valence-corrected chi connectivity index (χ4v) is 3.34. The van der Waals surface area contributed by atoms with E-state index in [2.05, 4.69) is 81.8 Å². The van der Waals surface area contributed by atoms with Crippen molar-refractivity contribution in [2.45, 2.75) is 6.54 Å². The quantitative estimate of drug-likeness (QED) is 0.470. The molecule has 2 heterocycles. The Balaban J connectivity index is 1.88. The highest BCUT2D eigenvalue weighted by Crippen LogP contribution is 2.26. The SMILES string of the molecule is c1ccc(Cn2c3ccccc3n3c4ccccc4nc23)cc1. The van der Waals surface area contributed by atoms with Gasteiger partial charge < -0.3 is 4.57 Å². The first kappa shape index (κ1) is 12.5. The molecule has 0 bridgehead atoms. The second-order valence-electron chi connectivity index (χ2n) is 5.80. The second-order valence-corrected chi connectivity index (χ2v) is 5.80. The van der Waals surface area contributed by atoms with Gasteiger partial charge in [0.2, 0.25) is 5.78 Å². The molecule has 110 valence electrons.